The quantitative estimate of drug-likeness (QED) is 0.268. The lowest BCUT2D eigenvalue weighted by molar-refractivity contribution is -0.136. The Bertz CT molecular complexity index is 1170. The molecule has 2 N–H and O–H groups in total. The minimum atomic E-state index is -0.910. The van der Waals surface area contributed by atoms with Crippen LogP contribution in [-0.2, 0) is 16.2 Å². The van der Waals surface area contributed by atoms with Crippen LogP contribution in [-0.4, -0.2) is 31.7 Å². The smallest absolute Gasteiger partial charge is 0.329 e. The van der Waals surface area contributed by atoms with E-state index in [1.807, 2.05) is 19.1 Å². The molecule has 0 heterocycles. The molecular formula is C25H24ClN3O5. The summed E-state index contributed by atoms with van der Waals surface area (Å²) in [5.41, 5.74) is 4.25. The van der Waals surface area contributed by atoms with Crippen LogP contribution >= 0.6 is 11.6 Å². The lowest BCUT2D eigenvalue weighted by atomic mass is 10.2. The first kappa shape index (κ1) is 24.6. The number of nitrogens with zero attached hydrogens (tertiary/aromatic N) is 1. The molecule has 3 aromatic carbocycles. The third kappa shape index (κ3) is 7.25. The first-order valence-corrected chi connectivity index (χ1v) is 10.8. The average molecular weight is 482 g/mol. The number of carbonyl (C=O) groups is 2. The summed E-state index contributed by atoms with van der Waals surface area (Å²) in [5.74, 6) is -0.113. The SMILES string of the molecule is CCOc1cc(/C=N\NC(=O)C(=O)Nc2cccc(OC)c2)ccc1OCc1ccc(Cl)cc1. The van der Waals surface area contributed by atoms with Crippen LogP contribution in [0.5, 0.6) is 17.2 Å². The summed E-state index contributed by atoms with van der Waals surface area (Å²) in [5, 5.41) is 6.99. The number of amides is 2. The Kier molecular flexibility index (Phi) is 8.88. The van der Waals surface area contributed by atoms with Crippen molar-refractivity contribution in [1.29, 1.82) is 0 Å². The Morgan fingerprint density at radius 2 is 1.76 bits per heavy atom. The standard InChI is InChI=1S/C25H24ClN3O5/c1-3-33-23-13-18(9-12-22(23)34-16-17-7-10-19(26)11-8-17)15-27-29-25(31)24(30)28-20-5-4-6-21(14-20)32-2/h4-15H,3,16H2,1-2H3,(H,28,30)(H,29,31)/b27-15-. The topological polar surface area (TPSA) is 98.2 Å². The number of halogens is 1. The van der Waals surface area contributed by atoms with Gasteiger partial charge < -0.3 is 19.5 Å². The van der Waals surface area contributed by atoms with Gasteiger partial charge in [0.25, 0.3) is 0 Å². The van der Waals surface area contributed by atoms with Gasteiger partial charge in [-0.3, -0.25) is 9.59 Å². The van der Waals surface area contributed by atoms with Gasteiger partial charge in [0.15, 0.2) is 11.5 Å². The zero-order valence-corrected chi connectivity index (χ0v) is 19.5. The second kappa shape index (κ2) is 12.3. The van der Waals surface area contributed by atoms with Crippen LogP contribution in [0.4, 0.5) is 5.69 Å². The molecule has 34 heavy (non-hydrogen) atoms. The second-order valence-corrected chi connectivity index (χ2v) is 7.38. The van der Waals surface area contributed by atoms with Crippen LogP contribution < -0.4 is 25.0 Å². The summed E-state index contributed by atoms with van der Waals surface area (Å²) in [6.45, 7) is 2.66. The van der Waals surface area contributed by atoms with Gasteiger partial charge in [0.2, 0.25) is 0 Å². The van der Waals surface area contributed by atoms with Crippen molar-refractivity contribution in [3.05, 3.63) is 82.9 Å². The Morgan fingerprint density at radius 1 is 0.971 bits per heavy atom. The molecule has 3 rings (SSSR count). The fraction of sp³-hybridized carbons (Fsp3) is 0.160. The molecule has 0 radical (unpaired) electrons. The van der Waals surface area contributed by atoms with Gasteiger partial charge in [-0.2, -0.15) is 5.10 Å². The van der Waals surface area contributed by atoms with E-state index < -0.39 is 11.8 Å². The van der Waals surface area contributed by atoms with E-state index in [1.165, 1.54) is 13.3 Å². The van der Waals surface area contributed by atoms with E-state index in [-0.39, 0.29) is 0 Å². The van der Waals surface area contributed by atoms with Crippen LogP contribution in [0.1, 0.15) is 18.1 Å². The third-order valence-electron chi connectivity index (χ3n) is 4.49. The van der Waals surface area contributed by atoms with Crippen molar-refractivity contribution in [1.82, 2.24) is 5.43 Å². The highest BCUT2D eigenvalue weighted by Gasteiger charge is 2.13. The van der Waals surface area contributed by atoms with Gasteiger partial charge in [-0.15, -0.1) is 0 Å². The summed E-state index contributed by atoms with van der Waals surface area (Å²) in [6, 6.07) is 19.3. The molecule has 0 bridgehead atoms. The second-order valence-electron chi connectivity index (χ2n) is 6.94. The number of benzene rings is 3. The summed E-state index contributed by atoms with van der Waals surface area (Å²) >= 11 is 5.91. The number of ether oxygens (including phenoxy) is 3. The maximum absolute atomic E-state index is 12.1. The van der Waals surface area contributed by atoms with E-state index in [0.717, 1.165) is 5.56 Å². The van der Waals surface area contributed by atoms with Gasteiger partial charge in [0, 0.05) is 16.8 Å². The molecule has 0 unspecified atom stereocenters. The first-order valence-electron chi connectivity index (χ1n) is 10.4. The van der Waals surface area contributed by atoms with E-state index in [0.29, 0.717) is 46.7 Å². The summed E-state index contributed by atoms with van der Waals surface area (Å²) in [6.07, 6.45) is 1.40. The average Bonchev–Trinajstić information content (AvgIpc) is 2.84. The molecule has 0 atom stereocenters. The third-order valence-corrected chi connectivity index (χ3v) is 4.74. The van der Waals surface area contributed by atoms with Crippen molar-refractivity contribution in [3.8, 4) is 17.2 Å². The molecule has 0 aromatic heterocycles. The molecule has 176 valence electrons. The molecular weight excluding hydrogens is 458 g/mol. The summed E-state index contributed by atoms with van der Waals surface area (Å²) in [7, 11) is 1.51. The fourth-order valence-corrected chi connectivity index (χ4v) is 2.97. The largest absolute Gasteiger partial charge is 0.497 e. The highest BCUT2D eigenvalue weighted by atomic mass is 35.5. The lowest BCUT2D eigenvalue weighted by Crippen LogP contribution is -2.32. The predicted molar refractivity (Wildman–Crippen MR) is 131 cm³/mol. The van der Waals surface area contributed by atoms with Crippen molar-refractivity contribution in [3.63, 3.8) is 0 Å². The molecule has 8 nitrogen and oxygen atoms in total. The van der Waals surface area contributed by atoms with Crippen molar-refractivity contribution in [2.75, 3.05) is 19.0 Å². The molecule has 0 aliphatic carbocycles. The fourth-order valence-electron chi connectivity index (χ4n) is 2.84. The van der Waals surface area contributed by atoms with Gasteiger partial charge >= 0.3 is 11.8 Å². The minimum absolute atomic E-state index is 0.350. The Hall–Kier alpha value is -4.04. The van der Waals surface area contributed by atoms with E-state index in [2.05, 4.69) is 15.8 Å². The number of carbonyl (C=O) groups excluding carboxylic acids is 2. The number of rotatable bonds is 9. The lowest BCUT2D eigenvalue weighted by Gasteiger charge is -2.12. The van der Waals surface area contributed by atoms with Gasteiger partial charge in [-0.25, -0.2) is 5.43 Å². The Labute approximate surface area is 202 Å². The Balaban J connectivity index is 1.58. The van der Waals surface area contributed by atoms with Crippen molar-refractivity contribution in [2.45, 2.75) is 13.5 Å². The normalized spacial score (nSPS) is 10.6. The maximum Gasteiger partial charge on any atom is 0.329 e. The summed E-state index contributed by atoms with van der Waals surface area (Å²) < 4.78 is 16.6. The number of anilines is 1. The zero-order chi connectivity index (χ0) is 24.3. The predicted octanol–water partition coefficient (Wildman–Crippen LogP) is 4.42. The monoisotopic (exact) mass is 481 g/mol. The van der Waals surface area contributed by atoms with Crippen LogP contribution in [0.25, 0.3) is 0 Å². The highest BCUT2D eigenvalue weighted by molar-refractivity contribution is 6.39. The molecule has 0 spiro atoms. The molecule has 0 aliphatic rings. The minimum Gasteiger partial charge on any atom is -0.497 e. The van der Waals surface area contributed by atoms with Gasteiger partial charge in [-0.05, 0) is 60.5 Å². The number of hydrazone groups is 1. The van der Waals surface area contributed by atoms with Crippen molar-refractivity contribution < 1.29 is 23.8 Å². The van der Waals surface area contributed by atoms with E-state index >= 15 is 0 Å². The van der Waals surface area contributed by atoms with Crippen molar-refractivity contribution >= 4 is 35.3 Å². The summed E-state index contributed by atoms with van der Waals surface area (Å²) in [4.78, 5) is 24.1. The molecule has 0 fully saturated rings. The molecule has 0 saturated heterocycles. The van der Waals surface area contributed by atoms with E-state index in [1.54, 1.807) is 54.6 Å². The van der Waals surface area contributed by atoms with Crippen LogP contribution in [0.2, 0.25) is 5.02 Å². The highest BCUT2D eigenvalue weighted by Crippen LogP contribution is 2.29. The van der Waals surface area contributed by atoms with Crippen LogP contribution in [0.3, 0.4) is 0 Å². The molecule has 2 amide bonds. The zero-order valence-electron chi connectivity index (χ0n) is 18.7. The Morgan fingerprint density at radius 3 is 2.50 bits per heavy atom. The number of hydrogen-bond donors (Lipinski definition) is 2. The number of methoxy groups -OCH3 is 1. The van der Waals surface area contributed by atoms with Gasteiger partial charge in [0.05, 0.1) is 19.9 Å². The first-order chi connectivity index (χ1) is 16.5. The molecule has 0 aliphatic heterocycles. The number of hydrogen-bond acceptors (Lipinski definition) is 6. The van der Waals surface area contributed by atoms with Crippen molar-refractivity contribution in [2.24, 2.45) is 5.10 Å². The maximum atomic E-state index is 12.1. The van der Waals surface area contributed by atoms with Gasteiger partial charge in [0.1, 0.15) is 12.4 Å². The van der Waals surface area contributed by atoms with E-state index in [4.69, 9.17) is 25.8 Å². The molecule has 3 aromatic rings. The van der Waals surface area contributed by atoms with Crippen LogP contribution in [0, 0.1) is 0 Å². The van der Waals surface area contributed by atoms with Gasteiger partial charge in [-0.1, -0.05) is 29.8 Å². The van der Waals surface area contributed by atoms with E-state index in [9.17, 15) is 9.59 Å². The molecule has 0 saturated carbocycles. The number of nitrogens with one attached hydrogen (secondary N) is 2. The van der Waals surface area contributed by atoms with Crippen LogP contribution in [0.15, 0.2) is 71.8 Å². The molecule has 9 heteroatoms.